The number of benzene rings is 1. The number of rotatable bonds is 9. The van der Waals surface area contributed by atoms with E-state index < -0.39 is 5.60 Å². The fourth-order valence-electron chi connectivity index (χ4n) is 2.50. The number of carbonyl (C=O) groups excluding carboxylic acids is 1. The van der Waals surface area contributed by atoms with Gasteiger partial charge in [-0.15, -0.1) is 0 Å². The van der Waals surface area contributed by atoms with Crippen LogP contribution in [0.3, 0.4) is 0 Å². The molecule has 0 amide bonds. The van der Waals surface area contributed by atoms with Gasteiger partial charge in [-0.05, 0) is 52.0 Å². The number of hydrogen-bond acceptors (Lipinski definition) is 4. The minimum atomic E-state index is -0.484. The normalized spacial score (nSPS) is 12.5. The first kappa shape index (κ1) is 20.2. The average Bonchev–Trinajstić information content (AvgIpc) is 2.46. The highest BCUT2D eigenvalue weighted by Crippen LogP contribution is 2.21. The van der Waals surface area contributed by atoms with Crippen LogP contribution in [0.4, 0.5) is 0 Å². The second kappa shape index (κ2) is 9.48. The van der Waals surface area contributed by atoms with Gasteiger partial charge in [-0.1, -0.05) is 30.8 Å². The summed E-state index contributed by atoms with van der Waals surface area (Å²) in [4.78, 5) is 12.0. The van der Waals surface area contributed by atoms with E-state index >= 15 is 0 Å². The molecule has 1 aromatic rings. The van der Waals surface area contributed by atoms with Gasteiger partial charge in [-0.3, -0.25) is 4.79 Å². The van der Waals surface area contributed by atoms with Crippen molar-refractivity contribution in [3.05, 3.63) is 42.0 Å². The quantitative estimate of drug-likeness (QED) is 0.548. The topological polar surface area (TPSA) is 55.8 Å². The predicted molar refractivity (Wildman–Crippen MR) is 96.5 cm³/mol. The standard InChI is InChI=1S/C20H30O4/c1-6-23-15(2)18-9-7-16(8-10-18)13-17(11-12-21)14-19(22)24-20(3,4)5/h7-10,17,21H,2,6,11-14H2,1,3-5H3/t17-/m1/s1. The van der Waals surface area contributed by atoms with E-state index in [1.54, 1.807) is 0 Å². The number of aliphatic hydroxyl groups is 1. The Hall–Kier alpha value is -1.81. The maximum atomic E-state index is 12.0. The van der Waals surface area contributed by atoms with Gasteiger partial charge < -0.3 is 14.6 Å². The number of ether oxygens (including phenoxy) is 2. The molecule has 0 saturated carbocycles. The zero-order valence-corrected chi connectivity index (χ0v) is 15.3. The van der Waals surface area contributed by atoms with Gasteiger partial charge in [0.15, 0.2) is 0 Å². The first-order chi connectivity index (χ1) is 11.2. The molecule has 0 aliphatic carbocycles. The van der Waals surface area contributed by atoms with E-state index in [0.29, 0.717) is 25.2 Å². The van der Waals surface area contributed by atoms with Gasteiger partial charge in [0.1, 0.15) is 11.4 Å². The molecule has 0 radical (unpaired) electrons. The van der Waals surface area contributed by atoms with Crippen LogP contribution in [0.25, 0.3) is 5.76 Å². The van der Waals surface area contributed by atoms with Crippen molar-refractivity contribution < 1.29 is 19.4 Å². The third-order valence-electron chi connectivity index (χ3n) is 3.53. The van der Waals surface area contributed by atoms with Crippen molar-refractivity contribution in [2.45, 2.75) is 52.6 Å². The molecule has 134 valence electrons. The van der Waals surface area contributed by atoms with Crippen LogP contribution in [0.1, 0.15) is 51.7 Å². The largest absolute Gasteiger partial charge is 0.494 e. The highest BCUT2D eigenvalue weighted by molar-refractivity contribution is 5.70. The molecule has 1 atom stereocenters. The Morgan fingerprint density at radius 1 is 1.25 bits per heavy atom. The van der Waals surface area contributed by atoms with Crippen molar-refractivity contribution in [3.8, 4) is 0 Å². The lowest BCUT2D eigenvalue weighted by molar-refractivity contribution is -0.156. The summed E-state index contributed by atoms with van der Waals surface area (Å²) in [5.41, 5.74) is 1.58. The molecular weight excluding hydrogens is 304 g/mol. The molecule has 0 heterocycles. The highest BCUT2D eigenvalue weighted by atomic mass is 16.6. The molecule has 1 rings (SSSR count). The second-order valence-corrected chi connectivity index (χ2v) is 6.93. The zero-order valence-electron chi connectivity index (χ0n) is 15.3. The summed E-state index contributed by atoms with van der Waals surface area (Å²) < 4.78 is 10.8. The van der Waals surface area contributed by atoms with Crippen molar-refractivity contribution >= 4 is 11.7 Å². The molecule has 0 bridgehead atoms. The van der Waals surface area contributed by atoms with Crippen molar-refractivity contribution in [1.82, 2.24) is 0 Å². The summed E-state index contributed by atoms with van der Waals surface area (Å²) >= 11 is 0. The van der Waals surface area contributed by atoms with Gasteiger partial charge in [-0.2, -0.15) is 0 Å². The Bertz CT molecular complexity index is 526. The molecular formula is C20H30O4. The van der Waals surface area contributed by atoms with E-state index in [1.165, 1.54) is 0 Å². The Balaban J connectivity index is 2.67. The number of esters is 1. The van der Waals surface area contributed by atoms with E-state index in [9.17, 15) is 9.90 Å². The van der Waals surface area contributed by atoms with Crippen LogP contribution in [0.5, 0.6) is 0 Å². The first-order valence-electron chi connectivity index (χ1n) is 8.49. The van der Waals surface area contributed by atoms with E-state index in [0.717, 1.165) is 17.5 Å². The molecule has 0 fully saturated rings. The van der Waals surface area contributed by atoms with Crippen molar-refractivity contribution in [2.24, 2.45) is 5.92 Å². The van der Waals surface area contributed by atoms with Crippen LogP contribution in [0, 0.1) is 5.92 Å². The molecule has 0 aliphatic heterocycles. The lowest BCUT2D eigenvalue weighted by atomic mass is 9.93. The minimum Gasteiger partial charge on any atom is -0.494 e. The fraction of sp³-hybridized carbons (Fsp3) is 0.550. The van der Waals surface area contributed by atoms with Crippen molar-refractivity contribution in [3.63, 3.8) is 0 Å². The van der Waals surface area contributed by atoms with Crippen LogP contribution in [-0.2, 0) is 20.7 Å². The van der Waals surface area contributed by atoms with Crippen LogP contribution >= 0.6 is 0 Å². The number of aliphatic hydroxyl groups excluding tert-OH is 1. The molecule has 1 aromatic carbocycles. The Labute approximate surface area is 145 Å². The number of carbonyl (C=O) groups is 1. The van der Waals surface area contributed by atoms with Crippen LogP contribution in [0.15, 0.2) is 30.8 Å². The van der Waals surface area contributed by atoms with Gasteiger partial charge in [-0.25, -0.2) is 0 Å². The van der Waals surface area contributed by atoms with E-state index in [4.69, 9.17) is 9.47 Å². The molecule has 0 spiro atoms. The number of hydrogen-bond donors (Lipinski definition) is 1. The summed E-state index contributed by atoms with van der Waals surface area (Å²) in [7, 11) is 0. The van der Waals surface area contributed by atoms with Crippen LogP contribution in [-0.4, -0.2) is 29.9 Å². The highest BCUT2D eigenvalue weighted by Gasteiger charge is 2.20. The molecule has 0 saturated heterocycles. The average molecular weight is 334 g/mol. The van der Waals surface area contributed by atoms with Gasteiger partial charge in [0.25, 0.3) is 0 Å². The van der Waals surface area contributed by atoms with Crippen molar-refractivity contribution in [1.29, 1.82) is 0 Å². The molecule has 0 aromatic heterocycles. The molecule has 0 aliphatic rings. The lowest BCUT2D eigenvalue weighted by Gasteiger charge is -2.22. The van der Waals surface area contributed by atoms with E-state index in [-0.39, 0.29) is 18.5 Å². The van der Waals surface area contributed by atoms with Crippen molar-refractivity contribution in [2.75, 3.05) is 13.2 Å². The predicted octanol–water partition coefficient (Wildman–Crippen LogP) is 3.97. The van der Waals surface area contributed by atoms with E-state index in [1.807, 2.05) is 52.0 Å². The summed E-state index contributed by atoms with van der Waals surface area (Å²) in [6.07, 6.45) is 1.61. The fourth-order valence-corrected chi connectivity index (χ4v) is 2.50. The summed E-state index contributed by atoms with van der Waals surface area (Å²) in [5, 5.41) is 9.26. The molecule has 4 nitrogen and oxygen atoms in total. The summed E-state index contributed by atoms with van der Waals surface area (Å²) in [6.45, 7) is 12.0. The zero-order chi connectivity index (χ0) is 18.2. The molecule has 4 heteroatoms. The first-order valence-corrected chi connectivity index (χ1v) is 8.49. The minimum absolute atomic E-state index is 0.0609. The molecule has 1 N–H and O–H groups in total. The maximum absolute atomic E-state index is 12.0. The Kier molecular flexibility index (Phi) is 7.99. The Morgan fingerprint density at radius 2 is 1.88 bits per heavy atom. The van der Waals surface area contributed by atoms with Gasteiger partial charge >= 0.3 is 5.97 Å². The van der Waals surface area contributed by atoms with Crippen LogP contribution < -0.4 is 0 Å². The second-order valence-electron chi connectivity index (χ2n) is 6.93. The van der Waals surface area contributed by atoms with E-state index in [2.05, 4.69) is 6.58 Å². The van der Waals surface area contributed by atoms with Gasteiger partial charge in [0.2, 0.25) is 0 Å². The Morgan fingerprint density at radius 3 is 2.38 bits per heavy atom. The monoisotopic (exact) mass is 334 g/mol. The SMILES string of the molecule is C=C(OCC)c1ccc(C[C@@H](CCO)CC(=O)OC(C)(C)C)cc1. The summed E-state index contributed by atoms with van der Waals surface area (Å²) in [5.74, 6) is 0.498. The van der Waals surface area contributed by atoms with Gasteiger partial charge in [0, 0.05) is 18.6 Å². The molecule has 24 heavy (non-hydrogen) atoms. The molecule has 0 unspecified atom stereocenters. The third-order valence-corrected chi connectivity index (χ3v) is 3.53. The smallest absolute Gasteiger partial charge is 0.306 e. The maximum Gasteiger partial charge on any atom is 0.306 e. The van der Waals surface area contributed by atoms with Crippen LogP contribution in [0.2, 0.25) is 0 Å². The van der Waals surface area contributed by atoms with Gasteiger partial charge in [0.05, 0.1) is 6.61 Å². The summed E-state index contributed by atoms with van der Waals surface area (Å²) in [6, 6.07) is 7.96. The third kappa shape index (κ3) is 7.64. The lowest BCUT2D eigenvalue weighted by Crippen LogP contribution is -2.26.